The Morgan fingerprint density at radius 1 is 1.00 bits per heavy atom. The van der Waals surface area contributed by atoms with Crippen molar-refractivity contribution in [3.63, 3.8) is 0 Å². The van der Waals surface area contributed by atoms with Gasteiger partial charge in [0.25, 0.3) is 0 Å². The first kappa shape index (κ1) is 19.8. The number of hydrogen-bond acceptors (Lipinski definition) is 4. The van der Waals surface area contributed by atoms with Crippen LogP contribution in [0.1, 0.15) is 32.6 Å². The number of imide groups is 2. The molecule has 3 aliphatic rings. The zero-order chi connectivity index (χ0) is 20.5. The van der Waals surface area contributed by atoms with Crippen LogP contribution in [-0.2, 0) is 9.59 Å². The van der Waals surface area contributed by atoms with Crippen molar-refractivity contribution in [2.45, 2.75) is 38.6 Å². The maximum absolute atomic E-state index is 13.1. The number of carbonyl (C=O) groups excluding carboxylic acids is 3. The predicted octanol–water partition coefficient (Wildman–Crippen LogP) is 0.858. The first-order chi connectivity index (χ1) is 14.0. The Kier molecular flexibility index (Phi) is 5.54. The van der Waals surface area contributed by atoms with E-state index in [1.54, 1.807) is 12.1 Å². The summed E-state index contributed by atoms with van der Waals surface area (Å²) in [5.74, 6) is -1.39. The minimum atomic E-state index is -0.693. The Bertz CT molecular complexity index is 792. The van der Waals surface area contributed by atoms with E-state index in [9.17, 15) is 18.8 Å². The number of anilines is 1. The SMILES string of the molecule is C[C@@H]1CCCC[C@@H]1N1C(=O)C(=O)N(C[NH+]2CCN(c3ccc(F)cc3)CC2)C1=O. The monoisotopic (exact) mass is 403 g/mol. The Balaban J connectivity index is 1.37. The van der Waals surface area contributed by atoms with Crippen LogP contribution in [0.3, 0.4) is 0 Å². The first-order valence-electron chi connectivity index (χ1n) is 10.5. The minimum Gasteiger partial charge on any atom is -0.360 e. The molecule has 1 aromatic rings. The molecular weight excluding hydrogens is 375 g/mol. The van der Waals surface area contributed by atoms with E-state index < -0.39 is 17.8 Å². The second-order valence-corrected chi connectivity index (χ2v) is 8.39. The molecule has 2 atom stereocenters. The van der Waals surface area contributed by atoms with Crippen LogP contribution in [0.15, 0.2) is 24.3 Å². The Morgan fingerprint density at radius 2 is 1.66 bits per heavy atom. The summed E-state index contributed by atoms with van der Waals surface area (Å²) >= 11 is 0. The number of quaternary nitrogens is 1. The Morgan fingerprint density at radius 3 is 2.31 bits per heavy atom. The zero-order valence-electron chi connectivity index (χ0n) is 16.8. The van der Waals surface area contributed by atoms with Crippen molar-refractivity contribution in [2.24, 2.45) is 5.92 Å². The summed E-state index contributed by atoms with van der Waals surface area (Å²) in [6.07, 6.45) is 3.85. The van der Waals surface area contributed by atoms with E-state index in [2.05, 4.69) is 11.8 Å². The van der Waals surface area contributed by atoms with Gasteiger partial charge in [-0.25, -0.2) is 14.1 Å². The molecule has 2 aliphatic heterocycles. The molecule has 0 bridgehead atoms. The lowest BCUT2D eigenvalue weighted by Gasteiger charge is -2.35. The fourth-order valence-electron chi connectivity index (χ4n) is 4.75. The van der Waals surface area contributed by atoms with Crippen LogP contribution in [0, 0.1) is 11.7 Å². The van der Waals surface area contributed by atoms with Gasteiger partial charge in [0.2, 0.25) is 0 Å². The molecular formula is C21H28FN4O3+. The predicted molar refractivity (Wildman–Crippen MR) is 105 cm³/mol. The highest BCUT2D eigenvalue weighted by Crippen LogP contribution is 2.30. The highest BCUT2D eigenvalue weighted by molar-refractivity contribution is 6.44. The molecule has 7 nitrogen and oxygen atoms in total. The molecule has 1 aliphatic carbocycles. The van der Waals surface area contributed by atoms with Gasteiger partial charge in [0.1, 0.15) is 5.82 Å². The number of carbonyl (C=O) groups is 3. The van der Waals surface area contributed by atoms with Gasteiger partial charge < -0.3 is 9.80 Å². The quantitative estimate of drug-likeness (QED) is 0.598. The molecule has 29 heavy (non-hydrogen) atoms. The van der Waals surface area contributed by atoms with Crippen molar-refractivity contribution in [3.05, 3.63) is 30.1 Å². The van der Waals surface area contributed by atoms with Gasteiger partial charge in [-0.1, -0.05) is 19.8 Å². The van der Waals surface area contributed by atoms with Crippen molar-refractivity contribution in [1.82, 2.24) is 9.80 Å². The maximum atomic E-state index is 13.1. The van der Waals surface area contributed by atoms with Gasteiger partial charge in [-0.15, -0.1) is 0 Å². The number of nitrogens with one attached hydrogen (secondary N) is 1. The normalized spacial score (nSPS) is 26.6. The van der Waals surface area contributed by atoms with Gasteiger partial charge >= 0.3 is 17.8 Å². The lowest BCUT2D eigenvalue weighted by Crippen LogP contribution is -3.16. The second-order valence-electron chi connectivity index (χ2n) is 8.39. The fourth-order valence-corrected chi connectivity index (χ4v) is 4.75. The molecule has 0 radical (unpaired) electrons. The molecule has 1 aromatic carbocycles. The van der Waals surface area contributed by atoms with Crippen LogP contribution in [0.2, 0.25) is 0 Å². The molecule has 1 N–H and O–H groups in total. The summed E-state index contributed by atoms with van der Waals surface area (Å²) in [5.41, 5.74) is 0.964. The summed E-state index contributed by atoms with van der Waals surface area (Å²) in [4.78, 5) is 43.6. The second kappa shape index (κ2) is 8.10. The molecule has 2 heterocycles. The van der Waals surface area contributed by atoms with Gasteiger partial charge in [-0.2, -0.15) is 0 Å². The van der Waals surface area contributed by atoms with Crippen LogP contribution >= 0.6 is 0 Å². The molecule has 156 valence electrons. The molecule has 0 aromatic heterocycles. The standard InChI is InChI=1S/C21H27FN4O3/c1-15-4-2-3-5-18(15)26-20(28)19(27)25(21(26)29)14-23-10-12-24(13-11-23)17-8-6-16(22)7-9-17/h6-9,15,18H,2-5,10-14H2,1H3/p+1/t15-,18+/m1/s1. The molecule has 1 saturated carbocycles. The lowest BCUT2D eigenvalue weighted by atomic mass is 9.85. The van der Waals surface area contributed by atoms with E-state index in [1.807, 2.05) is 0 Å². The smallest absolute Gasteiger partial charge is 0.338 e. The van der Waals surface area contributed by atoms with Crippen LogP contribution in [0.25, 0.3) is 0 Å². The van der Waals surface area contributed by atoms with Gasteiger partial charge in [-0.3, -0.25) is 14.5 Å². The van der Waals surface area contributed by atoms with E-state index in [1.165, 1.54) is 17.0 Å². The van der Waals surface area contributed by atoms with Crippen LogP contribution < -0.4 is 9.80 Å². The molecule has 3 fully saturated rings. The van der Waals surface area contributed by atoms with E-state index >= 15 is 0 Å². The highest BCUT2D eigenvalue weighted by atomic mass is 19.1. The summed E-state index contributed by atoms with van der Waals surface area (Å²) in [6, 6.07) is 5.80. The summed E-state index contributed by atoms with van der Waals surface area (Å²) in [6.45, 7) is 5.24. The average molecular weight is 403 g/mol. The van der Waals surface area contributed by atoms with Gasteiger partial charge in [0, 0.05) is 11.7 Å². The van der Waals surface area contributed by atoms with Gasteiger partial charge in [-0.05, 0) is 43.0 Å². The Hall–Kier alpha value is -2.48. The molecule has 0 unspecified atom stereocenters. The lowest BCUT2D eigenvalue weighted by molar-refractivity contribution is -0.907. The van der Waals surface area contributed by atoms with E-state index in [4.69, 9.17) is 0 Å². The zero-order valence-corrected chi connectivity index (χ0v) is 16.8. The van der Waals surface area contributed by atoms with E-state index in [-0.39, 0.29) is 24.4 Å². The molecule has 4 amide bonds. The maximum Gasteiger partial charge on any atom is 0.338 e. The third-order valence-electron chi connectivity index (χ3n) is 6.53. The largest absolute Gasteiger partial charge is 0.360 e. The van der Waals surface area contributed by atoms with Crippen LogP contribution in [-0.4, -0.2) is 66.5 Å². The first-order valence-corrected chi connectivity index (χ1v) is 10.5. The highest BCUT2D eigenvalue weighted by Gasteiger charge is 2.50. The topological polar surface area (TPSA) is 65.4 Å². The molecule has 8 heteroatoms. The number of hydrogen-bond donors (Lipinski definition) is 1. The number of piperazine rings is 1. The van der Waals surface area contributed by atoms with Crippen molar-refractivity contribution in [2.75, 3.05) is 37.7 Å². The number of amides is 4. The number of urea groups is 1. The average Bonchev–Trinajstić information content (AvgIpc) is 2.93. The summed E-state index contributed by atoms with van der Waals surface area (Å²) < 4.78 is 13.1. The fraction of sp³-hybridized carbons (Fsp3) is 0.571. The van der Waals surface area contributed by atoms with E-state index in [0.29, 0.717) is 0 Å². The molecule has 4 rings (SSSR count). The van der Waals surface area contributed by atoms with Crippen LogP contribution in [0.5, 0.6) is 0 Å². The van der Waals surface area contributed by atoms with E-state index in [0.717, 1.165) is 67.3 Å². The van der Waals surface area contributed by atoms with Crippen LogP contribution in [0.4, 0.5) is 14.9 Å². The number of nitrogens with zero attached hydrogens (tertiary/aromatic N) is 3. The van der Waals surface area contributed by atoms with Crippen molar-refractivity contribution < 1.29 is 23.7 Å². The van der Waals surface area contributed by atoms with Crippen molar-refractivity contribution in [1.29, 1.82) is 0 Å². The third-order valence-corrected chi connectivity index (χ3v) is 6.53. The van der Waals surface area contributed by atoms with Crippen molar-refractivity contribution in [3.8, 4) is 0 Å². The van der Waals surface area contributed by atoms with Gasteiger partial charge in [0.05, 0.1) is 26.2 Å². The number of rotatable bonds is 4. The number of halogens is 1. The minimum absolute atomic E-state index is 0.164. The molecule has 2 saturated heterocycles. The Labute approximate surface area is 170 Å². The number of benzene rings is 1. The van der Waals surface area contributed by atoms with Crippen molar-refractivity contribution >= 4 is 23.5 Å². The molecule has 0 spiro atoms. The summed E-state index contributed by atoms with van der Waals surface area (Å²) in [7, 11) is 0. The third kappa shape index (κ3) is 3.85. The summed E-state index contributed by atoms with van der Waals surface area (Å²) in [5, 5.41) is 0. The van der Waals surface area contributed by atoms with Gasteiger partial charge in [0.15, 0.2) is 6.67 Å².